The lowest BCUT2D eigenvalue weighted by atomic mass is 10.0. The van der Waals surface area contributed by atoms with Crippen molar-refractivity contribution in [3.8, 4) is 0 Å². The lowest BCUT2D eigenvalue weighted by molar-refractivity contribution is 0.512. The molecule has 1 nitrogen and oxygen atoms in total. The minimum atomic E-state index is -0.309. The number of hydrogen-bond donors (Lipinski definition) is 1. The maximum absolute atomic E-state index is 13.7. The first-order valence-electron chi connectivity index (χ1n) is 5.46. The molecular formula is C13H17ClFN. The third-order valence-electron chi connectivity index (χ3n) is 2.44. The van der Waals surface area contributed by atoms with Crippen LogP contribution in [0.15, 0.2) is 30.9 Å². The van der Waals surface area contributed by atoms with Crippen LogP contribution in [0.4, 0.5) is 4.39 Å². The fourth-order valence-electron chi connectivity index (χ4n) is 1.70. The van der Waals surface area contributed by atoms with Gasteiger partial charge in [0.1, 0.15) is 5.82 Å². The number of halogens is 2. The second-order valence-electron chi connectivity index (χ2n) is 3.70. The van der Waals surface area contributed by atoms with Crippen LogP contribution in [-0.2, 0) is 6.42 Å². The number of hydrogen-bond acceptors (Lipinski definition) is 1. The summed E-state index contributed by atoms with van der Waals surface area (Å²) >= 11 is 5.74. The third-order valence-corrected chi connectivity index (χ3v) is 2.73. The van der Waals surface area contributed by atoms with Gasteiger partial charge in [-0.3, -0.25) is 0 Å². The maximum atomic E-state index is 13.7. The van der Waals surface area contributed by atoms with Crippen molar-refractivity contribution >= 4 is 11.6 Å². The van der Waals surface area contributed by atoms with Crippen molar-refractivity contribution in [2.45, 2.75) is 25.8 Å². The van der Waals surface area contributed by atoms with Crippen molar-refractivity contribution in [2.24, 2.45) is 0 Å². The van der Waals surface area contributed by atoms with E-state index in [0.29, 0.717) is 12.0 Å². The molecule has 1 rings (SSSR count). The Morgan fingerprint density at radius 3 is 2.94 bits per heavy atom. The van der Waals surface area contributed by atoms with Crippen molar-refractivity contribution in [1.29, 1.82) is 0 Å². The summed E-state index contributed by atoms with van der Waals surface area (Å²) in [5, 5.41) is 3.48. The molecule has 1 aromatic rings. The lowest BCUT2D eigenvalue weighted by Gasteiger charge is -2.16. The van der Waals surface area contributed by atoms with E-state index in [9.17, 15) is 4.39 Å². The van der Waals surface area contributed by atoms with Gasteiger partial charge in [0.15, 0.2) is 0 Å². The van der Waals surface area contributed by atoms with E-state index in [1.165, 1.54) is 0 Å². The van der Waals surface area contributed by atoms with Crippen molar-refractivity contribution < 1.29 is 4.39 Å². The Balaban J connectivity index is 2.76. The summed E-state index contributed by atoms with van der Waals surface area (Å²) in [6.45, 7) is 6.60. The van der Waals surface area contributed by atoms with E-state index in [1.807, 2.05) is 13.0 Å². The fourth-order valence-corrected chi connectivity index (χ4v) is 1.89. The van der Waals surface area contributed by atoms with Crippen molar-refractivity contribution in [2.75, 3.05) is 6.54 Å². The smallest absolute Gasteiger partial charge is 0.145 e. The zero-order chi connectivity index (χ0) is 12.0. The molecule has 0 aliphatic heterocycles. The zero-order valence-corrected chi connectivity index (χ0v) is 10.2. The fraction of sp³-hybridized carbons (Fsp3) is 0.385. The average Bonchev–Trinajstić information content (AvgIpc) is 2.25. The molecule has 0 saturated heterocycles. The van der Waals surface area contributed by atoms with Crippen LogP contribution in [0, 0.1) is 5.82 Å². The van der Waals surface area contributed by atoms with Gasteiger partial charge in [-0.2, -0.15) is 0 Å². The van der Waals surface area contributed by atoms with Crippen LogP contribution in [0.3, 0.4) is 0 Å². The van der Waals surface area contributed by atoms with E-state index in [4.69, 9.17) is 11.6 Å². The Kier molecular flexibility index (Phi) is 5.50. The Bertz CT molecular complexity index is 352. The van der Waals surface area contributed by atoms with E-state index in [2.05, 4.69) is 11.9 Å². The summed E-state index contributed by atoms with van der Waals surface area (Å²) in [7, 11) is 0. The Morgan fingerprint density at radius 1 is 1.56 bits per heavy atom. The van der Waals surface area contributed by atoms with Crippen LogP contribution in [0.1, 0.15) is 18.9 Å². The highest BCUT2D eigenvalue weighted by Gasteiger charge is 2.11. The van der Waals surface area contributed by atoms with Crippen LogP contribution < -0.4 is 5.32 Å². The number of rotatable bonds is 6. The van der Waals surface area contributed by atoms with Gasteiger partial charge in [0.2, 0.25) is 0 Å². The van der Waals surface area contributed by atoms with E-state index in [0.717, 1.165) is 13.0 Å². The highest BCUT2D eigenvalue weighted by Crippen LogP contribution is 2.19. The molecule has 0 aromatic heterocycles. The summed E-state index contributed by atoms with van der Waals surface area (Å²) < 4.78 is 13.7. The second-order valence-corrected chi connectivity index (χ2v) is 4.10. The van der Waals surface area contributed by atoms with Gasteiger partial charge in [-0.05, 0) is 31.0 Å². The predicted molar refractivity (Wildman–Crippen MR) is 67.4 cm³/mol. The molecule has 0 aliphatic rings. The molecular weight excluding hydrogens is 225 g/mol. The van der Waals surface area contributed by atoms with Gasteiger partial charge in [-0.25, -0.2) is 4.39 Å². The van der Waals surface area contributed by atoms with E-state index in [1.54, 1.807) is 18.2 Å². The topological polar surface area (TPSA) is 12.0 Å². The van der Waals surface area contributed by atoms with Gasteiger partial charge >= 0.3 is 0 Å². The molecule has 0 bridgehead atoms. The quantitative estimate of drug-likeness (QED) is 0.751. The summed E-state index contributed by atoms with van der Waals surface area (Å²) in [4.78, 5) is 0. The summed E-state index contributed by atoms with van der Waals surface area (Å²) in [6.07, 6.45) is 3.29. The Labute approximate surface area is 101 Å². The third kappa shape index (κ3) is 3.62. The maximum Gasteiger partial charge on any atom is 0.145 e. The molecule has 16 heavy (non-hydrogen) atoms. The van der Waals surface area contributed by atoms with Gasteiger partial charge < -0.3 is 5.32 Å². The van der Waals surface area contributed by atoms with Gasteiger partial charge in [0.25, 0.3) is 0 Å². The molecule has 0 amide bonds. The van der Waals surface area contributed by atoms with Gasteiger partial charge in [-0.1, -0.05) is 36.7 Å². The van der Waals surface area contributed by atoms with Gasteiger partial charge in [-0.15, -0.1) is 6.58 Å². The lowest BCUT2D eigenvalue weighted by Crippen LogP contribution is -2.30. The minimum absolute atomic E-state index is 0.186. The SMILES string of the molecule is C=CCC(Cc1cccc(Cl)c1F)NCC. The zero-order valence-electron chi connectivity index (χ0n) is 9.47. The minimum Gasteiger partial charge on any atom is -0.314 e. The number of nitrogens with one attached hydrogen (secondary N) is 1. The van der Waals surface area contributed by atoms with Crippen LogP contribution in [0.5, 0.6) is 0 Å². The molecule has 0 radical (unpaired) electrons. The molecule has 3 heteroatoms. The van der Waals surface area contributed by atoms with Crippen LogP contribution in [-0.4, -0.2) is 12.6 Å². The highest BCUT2D eigenvalue weighted by molar-refractivity contribution is 6.30. The molecule has 1 aromatic carbocycles. The molecule has 88 valence electrons. The van der Waals surface area contributed by atoms with Crippen molar-refractivity contribution in [1.82, 2.24) is 5.32 Å². The Morgan fingerprint density at radius 2 is 2.31 bits per heavy atom. The number of benzene rings is 1. The molecule has 1 atom stereocenters. The average molecular weight is 242 g/mol. The van der Waals surface area contributed by atoms with Gasteiger partial charge in [0.05, 0.1) is 5.02 Å². The molecule has 0 heterocycles. The van der Waals surface area contributed by atoms with E-state index < -0.39 is 0 Å². The van der Waals surface area contributed by atoms with Crippen LogP contribution in [0.2, 0.25) is 5.02 Å². The second kappa shape index (κ2) is 6.66. The molecule has 0 saturated carbocycles. The normalized spacial score (nSPS) is 12.4. The first-order valence-corrected chi connectivity index (χ1v) is 5.84. The molecule has 0 spiro atoms. The van der Waals surface area contributed by atoms with Crippen LogP contribution >= 0.6 is 11.6 Å². The van der Waals surface area contributed by atoms with E-state index >= 15 is 0 Å². The first kappa shape index (κ1) is 13.2. The Hall–Kier alpha value is -0.860. The molecule has 1 unspecified atom stereocenters. The number of likely N-dealkylation sites (N-methyl/N-ethyl adjacent to an activating group) is 1. The predicted octanol–water partition coefficient (Wildman–Crippen LogP) is 3.58. The largest absolute Gasteiger partial charge is 0.314 e. The highest BCUT2D eigenvalue weighted by atomic mass is 35.5. The molecule has 0 fully saturated rings. The first-order chi connectivity index (χ1) is 7.69. The summed E-state index contributed by atoms with van der Waals surface area (Å²) in [5.41, 5.74) is 0.653. The van der Waals surface area contributed by atoms with Crippen LogP contribution in [0.25, 0.3) is 0 Å². The standard InChI is InChI=1S/C13H17ClFN/c1-3-6-11(16-4-2)9-10-7-5-8-12(14)13(10)15/h3,5,7-8,11,16H,1,4,6,9H2,2H3. The summed E-state index contributed by atoms with van der Waals surface area (Å²) in [5.74, 6) is -0.309. The van der Waals surface area contributed by atoms with Crippen molar-refractivity contribution in [3.63, 3.8) is 0 Å². The molecule has 0 aliphatic carbocycles. The summed E-state index contributed by atoms with van der Waals surface area (Å²) in [6, 6.07) is 5.33. The van der Waals surface area contributed by atoms with E-state index in [-0.39, 0.29) is 16.9 Å². The monoisotopic (exact) mass is 241 g/mol. The van der Waals surface area contributed by atoms with Gasteiger partial charge in [0, 0.05) is 6.04 Å². The molecule has 1 N–H and O–H groups in total. The van der Waals surface area contributed by atoms with Crippen molar-refractivity contribution in [3.05, 3.63) is 47.3 Å².